The fourth-order valence-electron chi connectivity index (χ4n) is 3.66. The van der Waals surface area contributed by atoms with Crippen molar-refractivity contribution in [3.63, 3.8) is 0 Å². The van der Waals surface area contributed by atoms with Crippen molar-refractivity contribution in [3.05, 3.63) is 58.9 Å². The highest BCUT2D eigenvalue weighted by atomic mass is 19.1. The molecule has 156 valence electrons. The van der Waals surface area contributed by atoms with Crippen LogP contribution in [0.15, 0.2) is 47.6 Å². The molecule has 4 rings (SSSR count). The summed E-state index contributed by atoms with van der Waals surface area (Å²) >= 11 is 0. The maximum absolute atomic E-state index is 13.5. The number of carbonyl (C=O) groups is 1. The van der Waals surface area contributed by atoms with Gasteiger partial charge in [0, 0.05) is 37.5 Å². The fourth-order valence-corrected chi connectivity index (χ4v) is 3.66. The molecule has 2 aliphatic rings. The Morgan fingerprint density at radius 2 is 2.20 bits per heavy atom. The van der Waals surface area contributed by atoms with Gasteiger partial charge in [0.25, 0.3) is 0 Å². The highest BCUT2D eigenvalue weighted by Gasteiger charge is 2.18. The third-order valence-electron chi connectivity index (χ3n) is 5.15. The smallest absolute Gasteiger partial charge is 0.240 e. The van der Waals surface area contributed by atoms with E-state index in [1.165, 1.54) is 6.08 Å². The van der Waals surface area contributed by atoms with Crippen LogP contribution < -0.4 is 16.0 Å². The molecular formula is C22H25FN6O. The molecule has 7 nitrogen and oxygen atoms in total. The van der Waals surface area contributed by atoms with Crippen LogP contribution in [-0.4, -0.2) is 58.7 Å². The van der Waals surface area contributed by atoms with Crippen LogP contribution in [0.2, 0.25) is 0 Å². The summed E-state index contributed by atoms with van der Waals surface area (Å²) < 4.78 is 15.4. The number of nitrogens with zero attached hydrogens (tertiary/aromatic N) is 4. The predicted molar refractivity (Wildman–Crippen MR) is 115 cm³/mol. The molecule has 2 N–H and O–H groups in total. The number of allylic oxidation sites excluding steroid dienone is 4. The van der Waals surface area contributed by atoms with Crippen LogP contribution in [0.25, 0.3) is 11.1 Å². The minimum absolute atomic E-state index is 0.0726. The SMILES string of the molecule is CN(C)CCNC(=O)Cn1cnc(=C2C=CC(F)=CC2)c1=C1CC=Nc2[nH]ccc21. The number of hydrogen-bond donors (Lipinski definition) is 2. The van der Waals surface area contributed by atoms with Crippen molar-refractivity contribution in [2.24, 2.45) is 4.99 Å². The first-order valence-electron chi connectivity index (χ1n) is 9.96. The molecule has 3 heterocycles. The summed E-state index contributed by atoms with van der Waals surface area (Å²) in [5.41, 5.74) is 2.96. The Bertz CT molecular complexity index is 1160. The standard InChI is InChI=1S/C22H25FN6O/c1-28(2)12-11-24-19(30)13-29-14-27-20(15-3-5-16(23)6-4-15)21(29)17-7-9-25-22-18(17)8-10-26-22/h3,5-6,8-10,14,26H,4,7,11-13H2,1-2H3,(H,24,30). The van der Waals surface area contributed by atoms with Crippen molar-refractivity contribution in [3.8, 4) is 0 Å². The van der Waals surface area contributed by atoms with Gasteiger partial charge in [0.05, 0.1) is 17.0 Å². The zero-order chi connectivity index (χ0) is 21.1. The molecule has 0 fully saturated rings. The summed E-state index contributed by atoms with van der Waals surface area (Å²) in [6, 6.07) is 1.99. The van der Waals surface area contributed by atoms with E-state index in [9.17, 15) is 9.18 Å². The van der Waals surface area contributed by atoms with Crippen LogP contribution in [0, 0.1) is 0 Å². The molecular weight excluding hydrogens is 383 g/mol. The van der Waals surface area contributed by atoms with Crippen molar-refractivity contribution in [2.45, 2.75) is 19.4 Å². The molecule has 1 amide bonds. The van der Waals surface area contributed by atoms with E-state index >= 15 is 0 Å². The zero-order valence-electron chi connectivity index (χ0n) is 17.2. The van der Waals surface area contributed by atoms with E-state index in [1.807, 2.05) is 42.0 Å². The lowest BCUT2D eigenvalue weighted by Crippen LogP contribution is -2.39. The Morgan fingerprint density at radius 1 is 1.33 bits per heavy atom. The number of aromatic amines is 1. The number of rotatable bonds is 5. The lowest BCUT2D eigenvalue weighted by atomic mass is 10.0. The third kappa shape index (κ3) is 4.18. The number of aromatic nitrogens is 3. The van der Waals surface area contributed by atoms with Crippen LogP contribution in [-0.2, 0) is 11.3 Å². The Balaban J connectivity index is 1.79. The number of halogens is 1. The second-order valence-corrected chi connectivity index (χ2v) is 7.61. The number of amides is 1. The van der Waals surface area contributed by atoms with Crippen molar-refractivity contribution in [1.82, 2.24) is 24.8 Å². The van der Waals surface area contributed by atoms with E-state index in [2.05, 4.69) is 20.3 Å². The topological polar surface area (TPSA) is 78.3 Å². The number of nitrogens with one attached hydrogen (secondary N) is 2. The highest BCUT2D eigenvalue weighted by molar-refractivity contribution is 5.88. The van der Waals surface area contributed by atoms with E-state index < -0.39 is 0 Å². The number of likely N-dealkylation sites (N-methyl/N-ethyl adjacent to an activating group) is 1. The summed E-state index contributed by atoms with van der Waals surface area (Å²) in [6.07, 6.45) is 11.2. The molecule has 1 aliphatic heterocycles. The molecule has 0 saturated heterocycles. The summed E-state index contributed by atoms with van der Waals surface area (Å²) in [5, 5.41) is 4.60. The summed E-state index contributed by atoms with van der Waals surface area (Å²) in [4.78, 5) is 26.7. The Labute approximate surface area is 174 Å². The minimum Gasteiger partial charge on any atom is -0.353 e. The van der Waals surface area contributed by atoms with Crippen LogP contribution >= 0.6 is 0 Å². The molecule has 1 aliphatic carbocycles. The van der Waals surface area contributed by atoms with Gasteiger partial charge >= 0.3 is 0 Å². The maximum Gasteiger partial charge on any atom is 0.240 e. The van der Waals surface area contributed by atoms with Gasteiger partial charge in [-0.25, -0.2) is 14.4 Å². The van der Waals surface area contributed by atoms with Gasteiger partial charge < -0.3 is 19.8 Å². The maximum atomic E-state index is 13.5. The molecule has 0 aromatic carbocycles. The summed E-state index contributed by atoms with van der Waals surface area (Å²) in [7, 11) is 3.93. The van der Waals surface area contributed by atoms with Gasteiger partial charge in [-0.1, -0.05) is 6.08 Å². The molecule has 30 heavy (non-hydrogen) atoms. The first kappa shape index (κ1) is 20.0. The largest absolute Gasteiger partial charge is 0.353 e. The summed E-state index contributed by atoms with van der Waals surface area (Å²) in [5.74, 6) is 0.474. The van der Waals surface area contributed by atoms with E-state index in [4.69, 9.17) is 0 Å². The van der Waals surface area contributed by atoms with Crippen molar-refractivity contribution >= 4 is 29.1 Å². The fraction of sp³-hybridized carbons (Fsp3) is 0.318. The molecule has 0 atom stereocenters. The molecule has 0 saturated carbocycles. The second kappa shape index (κ2) is 8.62. The number of hydrogen-bond acceptors (Lipinski definition) is 4. The average Bonchev–Trinajstić information content (AvgIpc) is 3.35. The van der Waals surface area contributed by atoms with Gasteiger partial charge in [0.1, 0.15) is 18.2 Å². The molecule has 2 aromatic heterocycles. The van der Waals surface area contributed by atoms with Crippen LogP contribution in [0.1, 0.15) is 18.4 Å². The Morgan fingerprint density at radius 3 is 2.97 bits per heavy atom. The first-order chi connectivity index (χ1) is 14.5. The molecule has 8 heteroatoms. The molecule has 0 spiro atoms. The third-order valence-corrected chi connectivity index (χ3v) is 5.15. The number of carbonyl (C=O) groups excluding carboxylic acids is 1. The minimum atomic E-state index is -0.245. The lowest BCUT2D eigenvalue weighted by Gasteiger charge is -2.13. The van der Waals surface area contributed by atoms with Gasteiger partial charge in [-0.3, -0.25) is 4.79 Å². The highest BCUT2D eigenvalue weighted by Crippen LogP contribution is 2.28. The molecule has 0 radical (unpaired) electrons. The Hall–Kier alpha value is -3.26. The number of H-pyrrole nitrogens is 1. The van der Waals surface area contributed by atoms with E-state index in [1.54, 1.807) is 18.5 Å². The van der Waals surface area contributed by atoms with Crippen molar-refractivity contribution in [2.75, 3.05) is 27.2 Å². The molecule has 0 bridgehead atoms. The summed E-state index contributed by atoms with van der Waals surface area (Å²) in [6.45, 7) is 1.52. The van der Waals surface area contributed by atoms with Gasteiger partial charge in [0.2, 0.25) is 5.91 Å². The molecule has 2 aromatic rings. The van der Waals surface area contributed by atoms with Gasteiger partial charge in [0.15, 0.2) is 0 Å². The van der Waals surface area contributed by atoms with Gasteiger partial charge in [-0.15, -0.1) is 0 Å². The Kier molecular flexibility index (Phi) is 5.76. The second-order valence-electron chi connectivity index (χ2n) is 7.61. The molecule has 0 unspecified atom stereocenters. The van der Waals surface area contributed by atoms with Gasteiger partial charge in [-0.05, 0) is 49.9 Å². The number of aliphatic imine (C=N–C) groups is 1. The quantitative estimate of drug-likeness (QED) is 0.779. The van der Waals surface area contributed by atoms with E-state index in [-0.39, 0.29) is 18.3 Å². The normalized spacial score (nSPS) is 19.1. The number of imidazole rings is 1. The predicted octanol–water partition coefficient (Wildman–Crippen LogP) is 1.16. The average molecular weight is 408 g/mol. The number of fused-ring (bicyclic) bond motifs is 1. The van der Waals surface area contributed by atoms with E-state index in [0.717, 1.165) is 39.8 Å². The zero-order valence-corrected chi connectivity index (χ0v) is 17.2. The van der Waals surface area contributed by atoms with E-state index in [0.29, 0.717) is 19.4 Å². The van der Waals surface area contributed by atoms with Gasteiger partial charge in [-0.2, -0.15) is 0 Å². The van der Waals surface area contributed by atoms with Crippen LogP contribution in [0.3, 0.4) is 0 Å². The van der Waals surface area contributed by atoms with Crippen molar-refractivity contribution < 1.29 is 9.18 Å². The monoisotopic (exact) mass is 408 g/mol. The van der Waals surface area contributed by atoms with Crippen LogP contribution in [0.5, 0.6) is 0 Å². The van der Waals surface area contributed by atoms with Crippen molar-refractivity contribution in [1.29, 1.82) is 0 Å². The first-order valence-corrected chi connectivity index (χ1v) is 9.96. The van der Waals surface area contributed by atoms with Crippen LogP contribution in [0.4, 0.5) is 10.2 Å². The lowest BCUT2D eigenvalue weighted by molar-refractivity contribution is -0.121.